The van der Waals surface area contributed by atoms with E-state index in [9.17, 15) is 4.79 Å². The number of benzene rings is 1. The van der Waals surface area contributed by atoms with E-state index >= 15 is 0 Å². The van der Waals surface area contributed by atoms with E-state index in [-0.39, 0.29) is 5.92 Å². The first-order valence-corrected chi connectivity index (χ1v) is 6.08. The van der Waals surface area contributed by atoms with Crippen molar-refractivity contribution in [2.75, 3.05) is 0 Å². The fraction of sp³-hybridized carbons (Fsp3) is 0.500. The average Bonchev–Trinajstić information content (AvgIpc) is 2.35. The van der Waals surface area contributed by atoms with Crippen LogP contribution in [0.15, 0.2) is 24.3 Å². The zero-order chi connectivity index (χ0) is 12.7. The summed E-state index contributed by atoms with van der Waals surface area (Å²) in [4.78, 5) is 10.4. The molecule has 17 heavy (non-hydrogen) atoms. The zero-order valence-electron chi connectivity index (χ0n) is 10.2. The molecule has 0 saturated heterocycles. The van der Waals surface area contributed by atoms with E-state index in [1.54, 1.807) is 12.1 Å². The average molecular weight is 236 g/mol. The highest BCUT2D eigenvalue weighted by Crippen LogP contribution is 2.23. The summed E-state index contributed by atoms with van der Waals surface area (Å²) >= 11 is 0. The summed E-state index contributed by atoms with van der Waals surface area (Å²) < 4.78 is 0. The summed E-state index contributed by atoms with van der Waals surface area (Å²) in [7, 11) is 0. The third-order valence-corrected chi connectivity index (χ3v) is 2.99. The number of aromatic hydroxyl groups is 1. The third-order valence-electron chi connectivity index (χ3n) is 2.99. The van der Waals surface area contributed by atoms with E-state index in [0.29, 0.717) is 5.75 Å². The molecule has 1 aromatic rings. The van der Waals surface area contributed by atoms with Crippen molar-refractivity contribution in [3.05, 3.63) is 29.8 Å². The summed E-state index contributed by atoms with van der Waals surface area (Å²) in [5, 5.41) is 17.3. The molecule has 3 heteroatoms. The van der Waals surface area contributed by atoms with Crippen LogP contribution in [0.3, 0.4) is 0 Å². The molecule has 1 fully saturated rings. The van der Waals surface area contributed by atoms with Crippen molar-refractivity contribution in [3.8, 4) is 5.75 Å². The first kappa shape index (κ1) is 13.6. The Morgan fingerprint density at radius 3 is 2.00 bits per heavy atom. The normalized spacial score (nSPS) is 15.8. The van der Waals surface area contributed by atoms with Gasteiger partial charge in [-0.15, -0.1) is 0 Å². The lowest BCUT2D eigenvalue weighted by Gasteiger charge is -2.16. The predicted molar refractivity (Wildman–Crippen MR) is 67.1 cm³/mol. The summed E-state index contributed by atoms with van der Waals surface area (Å²) in [6.45, 7) is 1.99. The summed E-state index contributed by atoms with van der Waals surface area (Å²) in [6.07, 6.45) is 5.24. The van der Waals surface area contributed by atoms with Crippen LogP contribution in [0.1, 0.15) is 37.7 Å². The van der Waals surface area contributed by atoms with E-state index in [0.717, 1.165) is 25.7 Å². The van der Waals surface area contributed by atoms with Crippen molar-refractivity contribution >= 4 is 5.97 Å². The van der Waals surface area contributed by atoms with Gasteiger partial charge in [0.1, 0.15) is 5.75 Å². The van der Waals surface area contributed by atoms with Gasteiger partial charge in [-0.1, -0.05) is 37.0 Å². The highest BCUT2D eigenvalue weighted by atomic mass is 16.4. The highest BCUT2D eigenvalue weighted by Gasteiger charge is 2.19. The van der Waals surface area contributed by atoms with E-state index in [1.807, 2.05) is 19.1 Å². The second-order valence-electron chi connectivity index (χ2n) is 4.51. The Hall–Kier alpha value is -1.51. The molecule has 1 aromatic carbocycles. The topological polar surface area (TPSA) is 57.5 Å². The molecule has 0 aromatic heterocycles. The number of carboxylic acids is 1. The number of aliphatic carboxylic acids is 1. The molecule has 2 N–H and O–H groups in total. The van der Waals surface area contributed by atoms with Crippen molar-refractivity contribution in [2.24, 2.45) is 5.92 Å². The molecule has 1 saturated carbocycles. The van der Waals surface area contributed by atoms with Gasteiger partial charge in [0.25, 0.3) is 0 Å². The van der Waals surface area contributed by atoms with Crippen LogP contribution in [0.25, 0.3) is 0 Å². The molecule has 0 radical (unpaired) electrons. The molecule has 0 aliphatic heterocycles. The molecule has 2 rings (SSSR count). The largest absolute Gasteiger partial charge is 0.508 e. The number of rotatable bonds is 1. The zero-order valence-corrected chi connectivity index (χ0v) is 10.2. The maximum Gasteiger partial charge on any atom is 0.306 e. The van der Waals surface area contributed by atoms with Gasteiger partial charge in [-0.05, 0) is 31.9 Å². The Morgan fingerprint density at radius 2 is 1.65 bits per heavy atom. The lowest BCUT2D eigenvalue weighted by Crippen LogP contribution is -2.16. The van der Waals surface area contributed by atoms with Crippen LogP contribution in [0.4, 0.5) is 0 Å². The molecule has 0 heterocycles. The van der Waals surface area contributed by atoms with E-state index in [2.05, 4.69) is 0 Å². The van der Waals surface area contributed by atoms with Crippen molar-refractivity contribution in [3.63, 3.8) is 0 Å². The fourth-order valence-electron chi connectivity index (χ4n) is 1.89. The first-order valence-electron chi connectivity index (χ1n) is 6.08. The Labute approximate surface area is 102 Å². The van der Waals surface area contributed by atoms with Gasteiger partial charge >= 0.3 is 5.97 Å². The Kier molecular flexibility index (Phi) is 5.53. The number of phenolic OH excluding ortho intramolecular Hbond substituents is 1. The van der Waals surface area contributed by atoms with Crippen molar-refractivity contribution in [1.82, 2.24) is 0 Å². The van der Waals surface area contributed by atoms with Crippen LogP contribution in [-0.2, 0) is 4.79 Å². The second-order valence-corrected chi connectivity index (χ2v) is 4.51. The van der Waals surface area contributed by atoms with Gasteiger partial charge < -0.3 is 10.2 Å². The molecule has 0 bridgehead atoms. The Bertz CT molecular complexity index is 316. The predicted octanol–water partition coefficient (Wildman–Crippen LogP) is 3.35. The van der Waals surface area contributed by atoms with Gasteiger partial charge in [0.2, 0.25) is 0 Å². The molecule has 0 spiro atoms. The molecular formula is C14H20O3. The van der Waals surface area contributed by atoms with E-state index in [1.165, 1.54) is 12.0 Å². The lowest BCUT2D eigenvalue weighted by molar-refractivity contribution is -0.142. The minimum atomic E-state index is -0.602. The lowest BCUT2D eigenvalue weighted by atomic mass is 9.90. The maximum atomic E-state index is 10.4. The molecule has 0 amide bonds. The van der Waals surface area contributed by atoms with Crippen LogP contribution < -0.4 is 0 Å². The van der Waals surface area contributed by atoms with Gasteiger partial charge in [0.05, 0.1) is 5.92 Å². The summed E-state index contributed by atoms with van der Waals surface area (Å²) in [5.74, 6) is -0.302. The summed E-state index contributed by atoms with van der Waals surface area (Å²) in [5.41, 5.74) is 1.17. The van der Waals surface area contributed by atoms with Crippen LogP contribution in [0.5, 0.6) is 5.75 Å². The Balaban J connectivity index is 0.000000171. The Morgan fingerprint density at radius 1 is 1.12 bits per heavy atom. The molecule has 0 unspecified atom stereocenters. The summed E-state index contributed by atoms with van der Waals surface area (Å²) in [6, 6.07) is 7.09. The molecule has 1 aliphatic carbocycles. The molecular weight excluding hydrogens is 216 g/mol. The molecule has 1 aliphatic rings. The van der Waals surface area contributed by atoms with Crippen molar-refractivity contribution in [1.29, 1.82) is 0 Å². The van der Waals surface area contributed by atoms with E-state index in [4.69, 9.17) is 10.2 Å². The van der Waals surface area contributed by atoms with Gasteiger partial charge in [-0.25, -0.2) is 0 Å². The van der Waals surface area contributed by atoms with E-state index < -0.39 is 5.97 Å². The minimum absolute atomic E-state index is 0.0289. The smallest absolute Gasteiger partial charge is 0.306 e. The first-order chi connectivity index (χ1) is 8.09. The van der Waals surface area contributed by atoms with Crippen LogP contribution in [-0.4, -0.2) is 16.2 Å². The van der Waals surface area contributed by atoms with Crippen molar-refractivity contribution in [2.45, 2.75) is 39.0 Å². The van der Waals surface area contributed by atoms with Gasteiger partial charge in [-0.2, -0.15) is 0 Å². The number of hydrogen-bond donors (Lipinski definition) is 2. The van der Waals surface area contributed by atoms with Gasteiger partial charge in [-0.3, -0.25) is 4.79 Å². The minimum Gasteiger partial charge on any atom is -0.508 e. The highest BCUT2D eigenvalue weighted by molar-refractivity contribution is 5.69. The second kappa shape index (κ2) is 6.94. The number of hydrogen-bond acceptors (Lipinski definition) is 2. The fourth-order valence-corrected chi connectivity index (χ4v) is 1.89. The molecule has 0 atom stereocenters. The molecule has 3 nitrogen and oxygen atoms in total. The third kappa shape index (κ3) is 5.38. The number of carbonyl (C=O) groups is 1. The SMILES string of the molecule is Cc1ccc(O)cc1.O=C(O)C1CCCCC1. The number of carboxylic acid groups (broad SMARTS) is 1. The quantitative estimate of drug-likeness (QED) is 0.786. The van der Waals surface area contributed by atoms with Gasteiger partial charge in [0, 0.05) is 0 Å². The van der Waals surface area contributed by atoms with Crippen LogP contribution in [0.2, 0.25) is 0 Å². The van der Waals surface area contributed by atoms with Gasteiger partial charge in [0.15, 0.2) is 0 Å². The monoisotopic (exact) mass is 236 g/mol. The van der Waals surface area contributed by atoms with Crippen LogP contribution in [0, 0.1) is 12.8 Å². The maximum absolute atomic E-state index is 10.4. The number of phenols is 1. The molecule has 94 valence electrons. The number of aryl methyl sites for hydroxylation is 1. The van der Waals surface area contributed by atoms with Crippen LogP contribution >= 0.6 is 0 Å². The van der Waals surface area contributed by atoms with Crippen molar-refractivity contribution < 1.29 is 15.0 Å². The standard InChI is InChI=1S/C7H12O2.C7H8O/c8-7(9)6-4-2-1-3-5-6;1-6-2-4-7(8)5-3-6/h6H,1-5H2,(H,8,9);2-5,8H,1H3.